The van der Waals surface area contributed by atoms with E-state index in [2.05, 4.69) is 21.2 Å². The molecule has 90 valence electrons. The van der Waals surface area contributed by atoms with E-state index >= 15 is 0 Å². The highest BCUT2D eigenvalue weighted by atomic mass is 79.9. The highest BCUT2D eigenvalue weighted by Gasteiger charge is 2.48. The van der Waals surface area contributed by atoms with Crippen molar-refractivity contribution in [3.8, 4) is 0 Å². The van der Waals surface area contributed by atoms with Gasteiger partial charge in [0.05, 0.1) is 22.5 Å². The Balaban J connectivity index is 2.02. The molecule has 0 saturated heterocycles. The van der Waals surface area contributed by atoms with Gasteiger partial charge in [-0.15, -0.1) is 0 Å². The summed E-state index contributed by atoms with van der Waals surface area (Å²) < 4.78 is 0.815. The van der Waals surface area contributed by atoms with E-state index in [9.17, 15) is 9.59 Å². The molecule has 0 bridgehead atoms. The Morgan fingerprint density at radius 2 is 2.12 bits per heavy atom. The number of carbonyl (C=O) groups excluding carboxylic acids is 1. The Bertz CT molecular complexity index is 492. The van der Waals surface area contributed by atoms with Crippen LogP contribution < -0.4 is 5.32 Å². The molecule has 1 saturated carbocycles. The second-order valence-electron chi connectivity index (χ2n) is 3.90. The lowest BCUT2D eigenvalue weighted by atomic mass is 10.2. The second kappa shape index (κ2) is 4.66. The maximum absolute atomic E-state index is 11.7. The topological polar surface area (TPSA) is 66.4 Å². The van der Waals surface area contributed by atoms with Crippen molar-refractivity contribution < 1.29 is 14.7 Å². The van der Waals surface area contributed by atoms with Crippen molar-refractivity contribution in [3.63, 3.8) is 0 Å². The maximum atomic E-state index is 11.7. The molecule has 1 aliphatic rings. The third-order valence-electron chi connectivity index (χ3n) is 2.63. The zero-order valence-corrected chi connectivity index (χ0v) is 11.0. The Morgan fingerprint density at radius 3 is 2.65 bits per heavy atom. The van der Waals surface area contributed by atoms with Gasteiger partial charge in [-0.05, 0) is 24.6 Å². The third-order valence-corrected chi connectivity index (χ3v) is 3.44. The molecule has 1 amide bonds. The molecule has 17 heavy (non-hydrogen) atoms. The second-order valence-corrected chi connectivity index (χ2v) is 5.22. The molecule has 2 rings (SSSR count). The van der Waals surface area contributed by atoms with Gasteiger partial charge in [0.25, 0.3) is 0 Å². The third kappa shape index (κ3) is 2.79. The summed E-state index contributed by atoms with van der Waals surface area (Å²) in [7, 11) is 0. The van der Waals surface area contributed by atoms with Gasteiger partial charge >= 0.3 is 5.97 Å². The monoisotopic (exact) mass is 317 g/mol. The minimum absolute atomic E-state index is 0.290. The molecular weight excluding hydrogens is 309 g/mol. The molecule has 0 aromatic heterocycles. The Kier molecular flexibility index (Phi) is 3.40. The maximum Gasteiger partial charge on any atom is 0.307 e. The van der Waals surface area contributed by atoms with E-state index in [0.717, 1.165) is 4.47 Å². The molecule has 2 N–H and O–H groups in total. The first-order valence-corrected chi connectivity index (χ1v) is 6.15. The van der Waals surface area contributed by atoms with Gasteiger partial charge in [-0.25, -0.2) is 0 Å². The lowest BCUT2D eigenvalue weighted by Crippen LogP contribution is -2.17. The van der Waals surface area contributed by atoms with Crippen molar-refractivity contribution in [2.75, 3.05) is 5.32 Å². The van der Waals surface area contributed by atoms with Crippen LogP contribution in [0.25, 0.3) is 0 Å². The van der Waals surface area contributed by atoms with Crippen LogP contribution in [0.4, 0.5) is 5.69 Å². The van der Waals surface area contributed by atoms with Crippen LogP contribution in [0.2, 0.25) is 5.02 Å². The van der Waals surface area contributed by atoms with E-state index in [1.54, 1.807) is 18.2 Å². The van der Waals surface area contributed by atoms with Crippen LogP contribution in [0.1, 0.15) is 6.42 Å². The zero-order chi connectivity index (χ0) is 12.6. The lowest BCUT2D eigenvalue weighted by Gasteiger charge is -2.06. The summed E-state index contributed by atoms with van der Waals surface area (Å²) in [6, 6.07) is 5.09. The number of hydrogen-bond donors (Lipinski definition) is 2. The van der Waals surface area contributed by atoms with E-state index in [0.29, 0.717) is 17.1 Å². The van der Waals surface area contributed by atoms with Gasteiger partial charge in [0.15, 0.2) is 0 Å². The van der Waals surface area contributed by atoms with E-state index in [-0.39, 0.29) is 5.91 Å². The average Bonchev–Trinajstić information content (AvgIpc) is 3.01. The molecule has 1 aromatic rings. The number of carboxylic acid groups (broad SMARTS) is 1. The van der Waals surface area contributed by atoms with Gasteiger partial charge in [0, 0.05) is 4.47 Å². The first-order chi connectivity index (χ1) is 7.99. The van der Waals surface area contributed by atoms with E-state index in [1.165, 1.54) is 0 Å². The molecule has 0 radical (unpaired) electrons. The smallest absolute Gasteiger partial charge is 0.307 e. The van der Waals surface area contributed by atoms with Gasteiger partial charge in [0.2, 0.25) is 5.91 Å². The molecule has 1 aliphatic carbocycles. The molecule has 0 spiro atoms. The molecule has 1 aromatic carbocycles. The highest BCUT2D eigenvalue weighted by Crippen LogP contribution is 2.40. The lowest BCUT2D eigenvalue weighted by molar-refractivity contribution is -0.139. The number of carboxylic acids is 1. The van der Waals surface area contributed by atoms with Crippen LogP contribution in [-0.4, -0.2) is 17.0 Å². The number of benzene rings is 1. The summed E-state index contributed by atoms with van der Waals surface area (Å²) in [6.07, 6.45) is 0.398. The molecule has 2 unspecified atom stereocenters. The predicted molar refractivity (Wildman–Crippen MR) is 67.0 cm³/mol. The number of halogens is 2. The molecule has 6 heteroatoms. The summed E-state index contributed by atoms with van der Waals surface area (Å²) in [5.74, 6) is -2.20. The minimum atomic E-state index is -0.924. The standard InChI is InChI=1S/C11H9BrClNO3/c12-5-1-2-9(8(13)3-5)14-10(15)6-4-7(6)11(16)17/h1-3,6-7H,4H2,(H,14,15)(H,16,17). The fraction of sp³-hybridized carbons (Fsp3) is 0.273. The van der Waals surface area contributed by atoms with Crippen molar-refractivity contribution in [1.82, 2.24) is 0 Å². The van der Waals surface area contributed by atoms with Crippen molar-refractivity contribution in [1.29, 1.82) is 0 Å². The zero-order valence-electron chi connectivity index (χ0n) is 8.61. The summed E-state index contributed by atoms with van der Waals surface area (Å²) in [6.45, 7) is 0. The molecule has 1 fully saturated rings. The van der Waals surface area contributed by atoms with Crippen molar-refractivity contribution in [2.45, 2.75) is 6.42 Å². The van der Waals surface area contributed by atoms with Crippen LogP contribution in [0.5, 0.6) is 0 Å². The number of amides is 1. The average molecular weight is 319 g/mol. The normalized spacial score (nSPS) is 22.0. The summed E-state index contributed by atoms with van der Waals surface area (Å²) >= 11 is 9.19. The van der Waals surface area contributed by atoms with E-state index < -0.39 is 17.8 Å². The van der Waals surface area contributed by atoms with E-state index in [1.807, 2.05) is 0 Å². The number of aliphatic carboxylic acids is 1. The number of hydrogen-bond acceptors (Lipinski definition) is 2. The number of anilines is 1. The van der Waals surface area contributed by atoms with Gasteiger partial charge in [0.1, 0.15) is 0 Å². The van der Waals surface area contributed by atoms with Crippen LogP contribution >= 0.6 is 27.5 Å². The summed E-state index contributed by atoms with van der Waals surface area (Å²) in [5, 5.41) is 11.8. The predicted octanol–water partition coefficient (Wildman–Crippen LogP) is 2.76. The van der Waals surface area contributed by atoms with Crippen LogP contribution in [0.3, 0.4) is 0 Å². The number of carbonyl (C=O) groups is 2. The summed E-state index contributed by atoms with van der Waals surface area (Å²) in [4.78, 5) is 22.3. The largest absolute Gasteiger partial charge is 0.481 e. The van der Waals surface area contributed by atoms with Crippen LogP contribution in [0, 0.1) is 11.8 Å². The quantitative estimate of drug-likeness (QED) is 0.900. The molecule has 0 aliphatic heterocycles. The summed E-state index contributed by atoms with van der Waals surface area (Å²) in [5.41, 5.74) is 0.496. The first-order valence-electron chi connectivity index (χ1n) is 4.98. The molecule has 4 nitrogen and oxygen atoms in total. The van der Waals surface area contributed by atoms with Crippen molar-refractivity contribution >= 4 is 45.1 Å². The Labute approximate surface area is 111 Å². The highest BCUT2D eigenvalue weighted by molar-refractivity contribution is 9.10. The SMILES string of the molecule is O=C(O)C1CC1C(=O)Nc1ccc(Br)cc1Cl. The fourth-order valence-electron chi connectivity index (χ4n) is 1.57. The van der Waals surface area contributed by atoms with E-state index in [4.69, 9.17) is 16.7 Å². The Hall–Kier alpha value is -1.07. The fourth-order valence-corrected chi connectivity index (χ4v) is 2.29. The van der Waals surface area contributed by atoms with Gasteiger partial charge in [-0.2, -0.15) is 0 Å². The molecule has 2 atom stereocenters. The van der Waals surface area contributed by atoms with Crippen molar-refractivity contribution in [2.24, 2.45) is 11.8 Å². The van der Waals surface area contributed by atoms with Crippen molar-refractivity contribution in [3.05, 3.63) is 27.7 Å². The minimum Gasteiger partial charge on any atom is -0.481 e. The first kappa shape index (κ1) is 12.4. The van der Waals surface area contributed by atoms with Gasteiger partial charge in [-0.1, -0.05) is 27.5 Å². The van der Waals surface area contributed by atoms with Crippen LogP contribution in [-0.2, 0) is 9.59 Å². The molecular formula is C11H9BrClNO3. The Morgan fingerprint density at radius 1 is 1.41 bits per heavy atom. The van der Waals surface area contributed by atoms with Gasteiger partial charge in [-0.3, -0.25) is 9.59 Å². The number of nitrogens with one attached hydrogen (secondary N) is 1. The number of rotatable bonds is 3. The van der Waals surface area contributed by atoms with Gasteiger partial charge < -0.3 is 10.4 Å². The van der Waals surface area contributed by atoms with Crippen LogP contribution in [0.15, 0.2) is 22.7 Å². The molecule has 0 heterocycles.